The van der Waals surface area contributed by atoms with E-state index in [1.54, 1.807) is 25.3 Å². The van der Waals surface area contributed by atoms with Gasteiger partial charge in [-0.1, -0.05) is 0 Å². The van der Waals surface area contributed by atoms with Gasteiger partial charge in [-0.05, 0) is 73.5 Å². The summed E-state index contributed by atoms with van der Waals surface area (Å²) in [6, 6.07) is 8.93. The molecule has 12 nitrogen and oxygen atoms in total. The number of hydrogen-bond acceptors (Lipinski definition) is 8. The Balaban J connectivity index is 1.28. The average molecular weight is 693 g/mol. The van der Waals surface area contributed by atoms with E-state index in [0.29, 0.717) is 57.3 Å². The summed E-state index contributed by atoms with van der Waals surface area (Å²) in [5.74, 6) is 0.735. The molecular weight excluding hydrogens is 658 g/mol. The fraction of sp³-hybridized carbons (Fsp3) is 0.429. The molecule has 0 amide bonds. The minimum absolute atomic E-state index is 0.0462. The molecule has 0 spiro atoms. The molecule has 0 radical (unpaired) electrons. The van der Waals surface area contributed by atoms with Crippen LogP contribution in [0.2, 0.25) is 0 Å². The molecule has 2 saturated heterocycles. The molecule has 0 saturated carbocycles. The van der Waals surface area contributed by atoms with Gasteiger partial charge in [-0.25, -0.2) is 26.8 Å². The zero-order valence-corrected chi connectivity index (χ0v) is 27.4. The summed E-state index contributed by atoms with van der Waals surface area (Å²) in [5.41, 5.74) is 5.69. The molecule has 43 heavy (non-hydrogen) atoms. The lowest BCUT2D eigenvalue weighted by Crippen LogP contribution is -2.40. The molecule has 0 unspecified atom stereocenters. The first-order chi connectivity index (χ1) is 20.5. The van der Waals surface area contributed by atoms with Crippen molar-refractivity contribution in [3.63, 3.8) is 0 Å². The van der Waals surface area contributed by atoms with Gasteiger partial charge in [0.15, 0.2) is 5.65 Å². The molecule has 230 valence electrons. The van der Waals surface area contributed by atoms with E-state index in [2.05, 4.69) is 35.8 Å². The average Bonchev–Trinajstić information content (AvgIpc) is 3.73. The van der Waals surface area contributed by atoms with Crippen molar-refractivity contribution < 1.29 is 21.6 Å². The third kappa shape index (κ3) is 5.62. The van der Waals surface area contributed by atoms with Crippen LogP contribution in [-0.4, -0.2) is 96.2 Å². The molecule has 4 aromatic rings. The number of hydrogen-bond donors (Lipinski definition) is 2. The summed E-state index contributed by atoms with van der Waals surface area (Å²) in [4.78, 5) is 13.0. The molecule has 2 fully saturated rings. The topological polar surface area (TPSA) is 143 Å². The van der Waals surface area contributed by atoms with Crippen LogP contribution in [0, 0.1) is 13.8 Å². The number of imidazole rings is 1. The van der Waals surface area contributed by atoms with E-state index >= 15 is 0 Å². The van der Waals surface area contributed by atoms with Gasteiger partial charge in [-0.3, -0.25) is 0 Å². The van der Waals surface area contributed by atoms with Crippen LogP contribution in [0.1, 0.15) is 24.7 Å². The largest absolute Gasteiger partial charge is 0.379 e. The van der Waals surface area contributed by atoms with Crippen molar-refractivity contribution in [3.05, 3.63) is 52.4 Å². The van der Waals surface area contributed by atoms with Crippen molar-refractivity contribution >= 4 is 52.8 Å². The van der Waals surface area contributed by atoms with Crippen LogP contribution in [0.3, 0.4) is 0 Å². The summed E-state index contributed by atoms with van der Waals surface area (Å²) in [7, 11) is -6.82. The molecular formula is C28H34BrN7O5S2. The number of nitrogens with one attached hydrogen (secondary N) is 2. The summed E-state index contributed by atoms with van der Waals surface area (Å²) in [5, 5.41) is 3.51. The van der Waals surface area contributed by atoms with Gasteiger partial charge in [-0.15, -0.1) is 0 Å². The summed E-state index contributed by atoms with van der Waals surface area (Å²) < 4.78 is 62.0. The van der Waals surface area contributed by atoms with Crippen LogP contribution in [0.15, 0.2) is 45.9 Å². The van der Waals surface area contributed by atoms with Crippen molar-refractivity contribution in [2.45, 2.75) is 38.1 Å². The fourth-order valence-corrected chi connectivity index (χ4v) is 8.77. The lowest BCUT2D eigenvalue weighted by atomic mass is 10.2. The number of fused-ring (bicyclic) bond motifs is 1. The Morgan fingerprint density at radius 3 is 2.49 bits per heavy atom. The minimum Gasteiger partial charge on any atom is -0.379 e. The Kier molecular flexibility index (Phi) is 8.15. The highest BCUT2D eigenvalue weighted by molar-refractivity contribution is 9.10. The Hall–Kier alpha value is -2.82. The maximum Gasteiger partial charge on any atom is 0.243 e. The van der Waals surface area contributed by atoms with E-state index in [1.165, 1.54) is 8.61 Å². The van der Waals surface area contributed by atoms with Crippen LogP contribution in [0.4, 0.5) is 5.69 Å². The maximum absolute atomic E-state index is 13.1. The first-order valence-corrected chi connectivity index (χ1v) is 18.0. The molecule has 0 bridgehead atoms. The molecule has 2 aliphatic rings. The number of sulfonamides is 2. The highest BCUT2D eigenvalue weighted by Crippen LogP contribution is 2.35. The number of H-pyrrole nitrogens is 1. The fourth-order valence-electron chi connectivity index (χ4n) is 5.79. The number of morpholine rings is 1. The van der Waals surface area contributed by atoms with Crippen LogP contribution in [-0.2, 0) is 24.8 Å². The van der Waals surface area contributed by atoms with Gasteiger partial charge in [0.2, 0.25) is 20.0 Å². The lowest BCUT2D eigenvalue weighted by Gasteiger charge is -2.26. The van der Waals surface area contributed by atoms with Gasteiger partial charge in [0, 0.05) is 61.1 Å². The molecule has 2 N–H and O–H groups in total. The summed E-state index contributed by atoms with van der Waals surface area (Å²) >= 11 is 3.60. The second-order valence-corrected chi connectivity index (χ2v) is 15.8. The Morgan fingerprint density at radius 1 is 1.07 bits per heavy atom. The molecule has 6 rings (SSSR count). The summed E-state index contributed by atoms with van der Waals surface area (Å²) in [6.45, 7) is 8.04. The number of nitrogens with zero attached hydrogens (tertiary/aromatic N) is 5. The van der Waals surface area contributed by atoms with E-state index in [-0.39, 0.29) is 16.7 Å². The lowest BCUT2D eigenvalue weighted by molar-refractivity contribution is 0.0730. The van der Waals surface area contributed by atoms with Crippen LogP contribution in [0.25, 0.3) is 28.2 Å². The predicted molar refractivity (Wildman–Crippen MR) is 168 cm³/mol. The zero-order chi connectivity index (χ0) is 30.5. The summed E-state index contributed by atoms with van der Waals surface area (Å²) in [6.07, 6.45) is 2.39. The number of aromatic amines is 1. The number of pyridine rings is 1. The molecule has 15 heteroatoms. The van der Waals surface area contributed by atoms with Crippen molar-refractivity contribution in [2.24, 2.45) is 0 Å². The van der Waals surface area contributed by atoms with Crippen molar-refractivity contribution in [1.82, 2.24) is 28.1 Å². The molecule has 3 aromatic heterocycles. The number of halogens is 1. The second kappa shape index (κ2) is 11.6. The number of ether oxygens (including phenoxy) is 1. The third-order valence-electron chi connectivity index (χ3n) is 8.12. The molecule has 1 aromatic carbocycles. The van der Waals surface area contributed by atoms with Crippen molar-refractivity contribution in [3.8, 4) is 17.1 Å². The van der Waals surface area contributed by atoms with Crippen LogP contribution < -0.4 is 5.32 Å². The Labute approximate surface area is 259 Å². The molecule has 5 heterocycles. The predicted octanol–water partition coefficient (Wildman–Crippen LogP) is 3.65. The van der Waals surface area contributed by atoms with Gasteiger partial charge >= 0.3 is 0 Å². The maximum atomic E-state index is 13.1. The van der Waals surface area contributed by atoms with Gasteiger partial charge in [0.25, 0.3) is 0 Å². The van der Waals surface area contributed by atoms with Gasteiger partial charge in [0.1, 0.15) is 11.3 Å². The normalized spacial score (nSPS) is 18.9. The molecule has 1 atom stereocenters. The first kappa shape index (κ1) is 30.2. The van der Waals surface area contributed by atoms with Gasteiger partial charge < -0.3 is 19.6 Å². The standard InChI is InChI=1S/C28H34BrN7O5S2/c1-4-42(37,38)35-10-9-20(17-35)31-25-24(29)16-30-28-26(25)32-27(33-28)23-15-18(2)36(19(23)3)21-5-7-22(8-6-21)43(39,40)34-11-13-41-14-12-34/h5-8,15-16,20H,4,9-14,17H2,1-3H3,(H2,30,31,32,33)/t20-/m0/s1. The molecule has 2 aliphatic heterocycles. The van der Waals surface area contributed by atoms with Gasteiger partial charge in [-0.2, -0.15) is 8.61 Å². The minimum atomic E-state index is -3.58. The highest BCUT2D eigenvalue weighted by atomic mass is 79.9. The number of benzene rings is 1. The van der Waals surface area contributed by atoms with E-state index in [9.17, 15) is 16.8 Å². The number of rotatable bonds is 8. The Morgan fingerprint density at radius 2 is 1.79 bits per heavy atom. The van der Waals surface area contributed by atoms with E-state index in [0.717, 1.165) is 38.3 Å². The van der Waals surface area contributed by atoms with E-state index in [4.69, 9.17) is 9.72 Å². The third-order valence-corrected chi connectivity index (χ3v) is 12.5. The molecule has 0 aliphatic carbocycles. The zero-order valence-electron chi connectivity index (χ0n) is 24.2. The highest BCUT2D eigenvalue weighted by Gasteiger charge is 2.31. The van der Waals surface area contributed by atoms with Crippen molar-refractivity contribution in [2.75, 3.05) is 50.5 Å². The number of aryl methyl sites for hydroxylation is 1. The van der Waals surface area contributed by atoms with Crippen LogP contribution >= 0.6 is 15.9 Å². The monoisotopic (exact) mass is 691 g/mol. The van der Waals surface area contributed by atoms with Crippen molar-refractivity contribution in [1.29, 1.82) is 0 Å². The number of anilines is 1. The van der Waals surface area contributed by atoms with E-state index < -0.39 is 20.0 Å². The van der Waals surface area contributed by atoms with Crippen LogP contribution in [0.5, 0.6) is 0 Å². The quantitative estimate of drug-likeness (QED) is 0.285. The van der Waals surface area contributed by atoms with Gasteiger partial charge in [0.05, 0.1) is 34.0 Å². The second-order valence-electron chi connectivity index (χ2n) is 10.8. The SMILES string of the molecule is CCS(=O)(=O)N1CC[C@H](Nc2c(Br)cnc3nc(-c4cc(C)n(-c5ccc(S(=O)(=O)N6CCOCC6)cc5)c4C)[nH]c23)C1. The Bertz CT molecular complexity index is 1880. The number of aromatic nitrogens is 4. The van der Waals surface area contributed by atoms with E-state index in [1.807, 2.05) is 32.0 Å². The first-order valence-electron chi connectivity index (χ1n) is 14.2. The smallest absolute Gasteiger partial charge is 0.243 e.